The van der Waals surface area contributed by atoms with E-state index < -0.39 is 0 Å². The normalized spacial score (nSPS) is 11.9. The van der Waals surface area contributed by atoms with Crippen molar-refractivity contribution >= 4 is 50.7 Å². The summed E-state index contributed by atoms with van der Waals surface area (Å²) in [6.07, 6.45) is 3.59. The molecule has 0 atom stereocenters. The number of allylic oxidation sites excluding steroid dienone is 1. The van der Waals surface area contributed by atoms with Crippen LogP contribution in [0.2, 0.25) is 4.34 Å². The average molecular weight is 526 g/mol. The first-order chi connectivity index (χ1) is 17.8. The van der Waals surface area contributed by atoms with E-state index in [2.05, 4.69) is 58.9 Å². The van der Waals surface area contributed by atoms with Crippen LogP contribution in [0.3, 0.4) is 0 Å². The number of hydrogen-bond acceptors (Lipinski definition) is 6. The minimum absolute atomic E-state index is 0.0684. The quantitative estimate of drug-likeness (QED) is 0.212. The Hall–Kier alpha value is -4.01. The van der Waals surface area contributed by atoms with Gasteiger partial charge in [0.25, 0.3) is 0 Å². The highest BCUT2D eigenvalue weighted by Crippen LogP contribution is 2.36. The third kappa shape index (κ3) is 4.39. The van der Waals surface area contributed by atoms with Crippen LogP contribution < -0.4 is 5.32 Å². The molecule has 0 radical (unpaired) electrons. The van der Waals surface area contributed by atoms with Crippen molar-refractivity contribution in [2.45, 2.75) is 20.8 Å². The number of aromatic nitrogens is 6. The fourth-order valence-electron chi connectivity index (χ4n) is 4.04. The van der Waals surface area contributed by atoms with Gasteiger partial charge in [0.15, 0.2) is 11.5 Å². The van der Waals surface area contributed by atoms with Gasteiger partial charge in [-0.1, -0.05) is 51.1 Å². The standard InChI is InChI=1S/C28H24ClN7S/c1-15(28(2,3)4)31-17-12-16(13-30-14-17)19-8-9-21-25(32-19)26(36-35-21)27-33-20-7-5-6-18(24(20)34-27)22-10-11-23(29)37-22/h5-14,31H,1H2,2-4H3,(H,33,34)(H,35,36). The lowest BCUT2D eigenvalue weighted by atomic mass is 9.93. The molecule has 37 heavy (non-hydrogen) atoms. The smallest absolute Gasteiger partial charge is 0.161 e. The van der Waals surface area contributed by atoms with Crippen LogP contribution in [0.4, 0.5) is 5.69 Å². The maximum atomic E-state index is 6.19. The van der Waals surface area contributed by atoms with Crippen molar-refractivity contribution in [3.63, 3.8) is 0 Å². The van der Waals surface area contributed by atoms with Gasteiger partial charge in [-0.25, -0.2) is 9.97 Å². The van der Waals surface area contributed by atoms with Crippen LogP contribution in [0.25, 0.3) is 55.3 Å². The molecule has 184 valence electrons. The topological polar surface area (TPSA) is 95.2 Å². The number of para-hydroxylation sites is 1. The molecule has 0 aliphatic heterocycles. The van der Waals surface area contributed by atoms with Gasteiger partial charge in [-0.2, -0.15) is 5.10 Å². The Kier molecular flexibility index (Phi) is 5.58. The minimum Gasteiger partial charge on any atom is -0.358 e. The van der Waals surface area contributed by atoms with Crippen LogP contribution in [0.1, 0.15) is 20.8 Å². The number of fused-ring (bicyclic) bond motifs is 2. The average Bonchev–Trinajstić information content (AvgIpc) is 3.60. The Morgan fingerprint density at radius 2 is 1.86 bits per heavy atom. The second-order valence-electron chi connectivity index (χ2n) is 9.87. The van der Waals surface area contributed by atoms with Crippen LogP contribution in [0, 0.1) is 5.41 Å². The largest absolute Gasteiger partial charge is 0.358 e. The van der Waals surface area contributed by atoms with Crippen LogP contribution in [0.15, 0.2) is 73.2 Å². The lowest BCUT2D eigenvalue weighted by Gasteiger charge is -2.23. The van der Waals surface area contributed by atoms with Crippen molar-refractivity contribution in [2.75, 3.05) is 5.32 Å². The van der Waals surface area contributed by atoms with Gasteiger partial charge in [0.2, 0.25) is 0 Å². The van der Waals surface area contributed by atoms with Gasteiger partial charge in [0.05, 0.1) is 38.5 Å². The third-order valence-corrected chi connectivity index (χ3v) is 7.48. The van der Waals surface area contributed by atoms with Crippen molar-refractivity contribution < 1.29 is 0 Å². The van der Waals surface area contributed by atoms with E-state index in [0.717, 1.165) is 59.5 Å². The number of nitrogens with one attached hydrogen (secondary N) is 3. The van der Waals surface area contributed by atoms with Gasteiger partial charge in [0.1, 0.15) is 5.52 Å². The monoisotopic (exact) mass is 525 g/mol. The Morgan fingerprint density at radius 1 is 1.00 bits per heavy atom. The van der Waals surface area contributed by atoms with E-state index in [1.54, 1.807) is 12.4 Å². The number of rotatable bonds is 5. The summed E-state index contributed by atoms with van der Waals surface area (Å²) in [5.74, 6) is 0.649. The Morgan fingerprint density at radius 3 is 2.65 bits per heavy atom. The Balaban J connectivity index is 1.40. The van der Waals surface area contributed by atoms with E-state index in [0.29, 0.717) is 11.5 Å². The fourth-order valence-corrected chi connectivity index (χ4v) is 5.11. The first-order valence-corrected chi connectivity index (χ1v) is 13.0. The first-order valence-electron chi connectivity index (χ1n) is 11.8. The maximum absolute atomic E-state index is 6.19. The number of thiophene rings is 1. The van der Waals surface area contributed by atoms with E-state index in [4.69, 9.17) is 21.6 Å². The van der Waals surface area contributed by atoms with Crippen molar-refractivity contribution in [3.8, 4) is 33.2 Å². The molecule has 0 fully saturated rings. The molecule has 0 saturated heterocycles. The Labute approximate surface area is 222 Å². The summed E-state index contributed by atoms with van der Waals surface area (Å²) in [6, 6.07) is 15.9. The molecule has 5 aromatic heterocycles. The van der Waals surface area contributed by atoms with Crippen LogP contribution >= 0.6 is 22.9 Å². The maximum Gasteiger partial charge on any atom is 0.161 e. The van der Waals surface area contributed by atoms with Crippen LogP contribution in [0.5, 0.6) is 0 Å². The third-order valence-electron chi connectivity index (χ3n) is 6.22. The number of benzene rings is 1. The molecule has 6 rings (SSSR count). The molecule has 0 aliphatic rings. The van der Waals surface area contributed by atoms with Crippen LogP contribution in [-0.2, 0) is 0 Å². The van der Waals surface area contributed by atoms with Crippen LogP contribution in [-0.4, -0.2) is 30.1 Å². The molecule has 7 nitrogen and oxygen atoms in total. The number of halogens is 1. The molecule has 1 aromatic carbocycles. The van der Waals surface area contributed by atoms with E-state index in [1.165, 1.54) is 11.3 Å². The first kappa shape index (κ1) is 23.4. The minimum atomic E-state index is -0.0684. The SMILES string of the molecule is C=C(Nc1cncc(-c2ccc3[nH]nc(-c4nc5c(-c6ccc(Cl)s6)cccc5[nH]4)c3n2)c1)C(C)(C)C. The second-order valence-corrected chi connectivity index (χ2v) is 11.6. The number of nitrogens with zero attached hydrogens (tertiary/aromatic N) is 4. The summed E-state index contributed by atoms with van der Waals surface area (Å²) in [7, 11) is 0. The fraction of sp³-hybridized carbons (Fsp3) is 0.143. The van der Waals surface area contributed by atoms with Gasteiger partial charge < -0.3 is 10.3 Å². The molecule has 3 N–H and O–H groups in total. The van der Waals surface area contributed by atoms with E-state index in [9.17, 15) is 0 Å². The number of H-pyrrole nitrogens is 2. The van der Waals surface area contributed by atoms with Gasteiger partial charge in [-0.05, 0) is 36.4 Å². The highest BCUT2D eigenvalue weighted by Gasteiger charge is 2.18. The molecule has 6 aromatic rings. The molecule has 0 aliphatic carbocycles. The highest BCUT2D eigenvalue weighted by atomic mass is 35.5. The van der Waals surface area contributed by atoms with E-state index in [1.807, 2.05) is 42.5 Å². The molecule has 5 heterocycles. The van der Waals surface area contributed by atoms with E-state index >= 15 is 0 Å². The number of hydrogen-bond donors (Lipinski definition) is 3. The van der Waals surface area contributed by atoms with Gasteiger partial charge in [0, 0.05) is 33.3 Å². The molecular weight excluding hydrogens is 502 g/mol. The predicted molar refractivity (Wildman–Crippen MR) is 153 cm³/mol. The summed E-state index contributed by atoms with van der Waals surface area (Å²) >= 11 is 7.72. The molecule has 0 saturated carbocycles. The number of aromatic amines is 2. The molecular formula is C28H24ClN7S. The van der Waals surface area contributed by atoms with Crippen molar-refractivity contribution in [1.82, 2.24) is 30.1 Å². The summed E-state index contributed by atoms with van der Waals surface area (Å²) in [4.78, 5) is 18.8. The predicted octanol–water partition coefficient (Wildman–Crippen LogP) is 7.92. The zero-order valence-corrected chi connectivity index (χ0v) is 22.1. The number of anilines is 1. The second kappa shape index (κ2) is 8.83. The Bertz CT molecular complexity index is 1790. The number of pyridine rings is 2. The molecule has 0 bridgehead atoms. The molecule has 0 amide bonds. The zero-order chi connectivity index (χ0) is 25.7. The van der Waals surface area contributed by atoms with Crippen molar-refractivity contribution in [1.29, 1.82) is 0 Å². The highest BCUT2D eigenvalue weighted by molar-refractivity contribution is 7.19. The molecule has 0 spiro atoms. The molecule has 9 heteroatoms. The summed E-state index contributed by atoms with van der Waals surface area (Å²) < 4.78 is 0.745. The van der Waals surface area contributed by atoms with Gasteiger partial charge >= 0.3 is 0 Å². The summed E-state index contributed by atoms with van der Waals surface area (Å²) in [5.41, 5.74) is 8.43. The summed E-state index contributed by atoms with van der Waals surface area (Å²) in [6.45, 7) is 10.5. The van der Waals surface area contributed by atoms with Gasteiger partial charge in [-0.3, -0.25) is 10.1 Å². The zero-order valence-electron chi connectivity index (χ0n) is 20.6. The lowest BCUT2D eigenvalue weighted by molar-refractivity contribution is 0.509. The summed E-state index contributed by atoms with van der Waals surface area (Å²) in [5, 5.41) is 11.0. The van der Waals surface area contributed by atoms with Gasteiger partial charge in [-0.15, -0.1) is 11.3 Å². The van der Waals surface area contributed by atoms with E-state index in [-0.39, 0.29) is 5.41 Å². The molecule has 0 unspecified atom stereocenters. The lowest BCUT2D eigenvalue weighted by Crippen LogP contribution is -2.15. The number of imidazole rings is 1. The van der Waals surface area contributed by atoms with Crippen molar-refractivity contribution in [3.05, 3.63) is 77.5 Å². The van der Waals surface area contributed by atoms with Crippen molar-refractivity contribution in [2.24, 2.45) is 5.41 Å².